The molecule has 18 heavy (non-hydrogen) atoms. The third-order valence-electron chi connectivity index (χ3n) is 2.68. The molecule has 0 aromatic rings. The number of nitrogens with one attached hydrogen (secondary N) is 2. The highest BCUT2D eigenvalue weighted by Gasteiger charge is 2.31. The maximum atomic E-state index is 11.5. The Morgan fingerprint density at radius 3 is 2.50 bits per heavy atom. The lowest BCUT2D eigenvalue weighted by Crippen LogP contribution is -2.55. The molecule has 3 amide bonds. The van der Waals surface area contributed by atoms with Crippen molar-refractivity contribution >= 4 is 17.9 Å². The minimum absolute atomic E-state index is 0.0298. The van der Waals surface area contributed by atoms with Crippen molar-refractivity contribution in [2.45, 2.75) is 19.8 Å². The van der Waals surface area contributed by atoms with Crippen LogP contribution < -0.4 is 10.6 Å². The molecule has 1 rings (SSSR count). The second-order valence-electron chi connectivity index (χ2n) is 4.38. The fraction of sp³-hybridized carbons (Fsp3) is 0.727. The fourth-order valence-corrected chi connectivity index (χ4v) is 1.71. The first-order valence-electron chi connectivity index (χ1n) is 6.04. The van der Waals surface area contributed by atoms with E-state index in [0.717, 1.165) is 6.42 Å². The Morgan fingerprint density at radius 2 is 1.94 bits per heavy atom. The standard InChI is InChI=1S/C11H19N3O4/c1-2-3-12-9(15)5-13-11(18)14-6-8(7-14)4-10(16)17/h8H,2-7H2,1H3,(H,12,15)(H,13,18)(H,16,17). The zero-order chi connectivity index (χ0) is 13.5. The summed E-state index contributed by atoms with van der Waals surface area (Å²) in [4.78, 5) is 34.7. The van der Waals surface area contributed by atoms with Gasteiger partial charge in [0.25, 0.3) is 0 Å². The summed E-state index contributed by atoms with van der Waals surface area (Å²) >= 11 is 0. The first-order chi connectivity index (χ1) is 8.52. The van der Waals surface area contributed by atoms with Gasteiger partial charge in [-0.25, -0.2) is 4.79 Å². The highest BCUT2D eigenvalue weighted by molar-refractivity contribution is 5.84. The number of carboxylic acid groups (broad SMARTS) is 1. The second kappa shape index (κ2) is 6.83. The van der Waals surface area contributed by atoms with E-state index in [-0.39, 0.29) is 30.8 Å². The summed E-state index contributed by atoms with van der Waals surface area (Å²) in [5.74, 6) is -1.03. The molecule has 1 saturated heterocycles. The smallest absolute Gasteiger partial charge is 0.317 e. The zero-order valence-corrected chi connectivity index (χ0v) is 10.4. The third-order valence-corrected chi connectivity index (χ3v) is 2.68. The number of amides is 3. The fourth-order valence-electron chi connectivity index (χ4n) is 1.71. The van der Waals surface area contributed by atoms with Crippen LogP contribution in [0.2, 0.25) is 0 Å². The summed E-state index contributed by atoms with van der Waals surface area (Å²) in [6, 6.07) is -0.316. The molecule has 1 fully saturated rings. The summed E-state index contributed by atoms with van der Waals surface area (Å²) in [5, 5.41) is 13.7. The number of carbonyl (C=O) groups excluding carboxylic acids is 2. The van der Waals surface area contributed by atoms with Crippen LogP contribution in [-0.4, -0.2) is 54.1 Å². The van der Waals surface area contributed by atoms with E-state index in [1.807, 2.05) is 6.92 Å². The topological polar surface area (TPSA) is 98.7 Å². The first kappa shape index (κ1) is 14.3. The SMILES string of the molecule is CCCNC(=O)CNC(=O)N1CC(CC(=O)O)C1. The maximum absolute atomic E-state index is 11.5. The predicted molar refractivity (Wildman–Crippen MR) is 64.0 cm³/mol. The van der Waals surface area contributed by atoms with Gasteiger partial charge >= 0.3 is 12.0 Å². The lowest BCUT2D eigenvalue weighted by molar-refractivity contribution is -0.139. The zero-order valence-electron chi connectivity index (χ0n) is 10.4. The van der Waals surface area contributed by atoms with Gasteiger partial charge in [0.2, 0.25) is 5.91 Å². The molecule has 0 radical (unpaired) electrons. The Hall–Kier alpha value is -1.79. The molecule has 1 aliphatic heterocycles. The molecule has 0 unspecified atom stereocenters. The molecule has 1 aliphatic rings. The monoisotopic (exact) mass is 257 g/mol. The van der Waals surface area contributed by atoms with Gasteiger partial charge in [-0.15, -0.1) is 0 Å². The van der Waals surface area contributed by atoms with Crippen LogP contribution in [0, 0.1) is 5.92 Å². The van der Waals surface area contributed by atoms with E-state index >= 15 is 0 Å². The van der Waals surface area contributed by atoms with E-state index in [0.29, 0.717) is 19.6 Å². The van der Waals surface area contributed by atoms with Gasteiger partial charge in [0.15, 0.2) is 0 Å². The van der Waals surface area contributed by atoms with Crippen molar-refractivity contribution in [3.05, 3.63) is 0 Å². The van der Waals surface area contributed by atoms with E-state index in [1.54, 1.807) is 0 Å². The van der Waals surface area contributed by atoms with E-state index in [1.165, 1.54) is 4.90 Å². The largest absolute Gasteiger partial charge is 0.481 e. The quantitative estimate of drug-likeness (QED) is 0.604. The number of carbonyl (C=O) groups is 3. The van der Waals surface area contributed by atoms with Crippen molar-refractivity contribution in [1.29, 1.82) is 0 Å². The number of nitrogens with zero attached hydrogens (tertiary/aromatic N) is 1. The van der Waals surface area contributed by atoms with Gasteiger partial charge in [-0.2, -0.15) is 0 Å². The summed E-state index contributed by atoms with van der Waals surface area (Å²) in [6.45, 7) is 3.38. The van der Waals surface area contributed by atoms with E-state index in [2.05, 4.69) is 10.6 Å². The number of likely N-dealkylation sites (tertiary alicyclic amines) is 1. The Bertz CT molecular complexity index is 326. The molecular weight excluding hydrogens is 238 g/mol. The van der Waals surface area contributed by atoms with Crippen LogP contribution in [0.5, 0.6) is 0 Å². The van der Waals surface area contributed by atoms with E-state index in [9.17, 15) is 14.4 Å². The van der Waals surface area contributed by atoms with E-state index < -0.39 is 5.97 Å². The van der Waals surface area contributed by atoms with Crippen molar-refractivity contribution in [2.75, 3.05) is 26.2 Å². The molecule has 0 bridgehead atoms. The van der Waals surface area contributed by atoms with Gasteiger partial charge in [0.1, 0.15) is 0 Å². The summed E-state index contributed by atoms with van der Waals surface area (Å²) in [6.07, 6.45) is 0.934. The van der Waals surface area contributed by atoms with Crippen LogP contribution in [0.3, 0.4) is 0 Å². The van der Waals surface area contributed by atoms with Gasteiger partial charge in [0, 0.05) is 25.6 Å². The van der Waals surface area contributed by atoms with Crippen molar-refractivity contribution in [2.24, 2.45) is 5.92 Å². The van der Waals surface area contributed by atoms with Crippen LogP contribution in [-0.2, 0) is 9.59 Å². The minimum Gasteiger partial charge on any atom is -0.481 e. The molecule has 0 aliphatic carbocycles. The molecule has 0 spiro atoms. The molecule has 7 nitrogen and oxygen atoms in total. The Morgan fingerprint density at radius 1 is 1.28 bits per heavy atom. The van der Waals surface area contributed by atoms with Crippen LogP contribution in [0.15, 0.2) is 0 Å². The lowest BCUT2D eigenvalue weighted by atomic mass is 9.97. The first-order valence-corrected chi connectivity index (χ1v) is 6.04. The molecule has 0 atom stereocenters. The normalized spacial score (nSPS) is 14.8. The third kappa shape index (κ3) is 4.60. The van der Waals surface area contributed by atoms with Crippen molar-refractivity contribution in [1.82, 2.24) is 15.5 Å². The number of aliphatic carboxylic acids is 1. The molecule has 0 saturated carbocycles. The number of hydrogen-bond acceptors (Lipinski definition) is 3. The highest BCUT2D eigenvalue weighted by Crippen LogP contribution is 2.18. The molecule has 3 N–H and O–H groups in total. The van der Waals surface area contributed by atoms with Crippen LogP contribution in [0.4, 0.5) is 4.79 Å². The molecule has 1 heterocycles. The van der Waals surface area contributed by atoms with Crippen molar-refractivity contribution in [3.8, 4) is 0 Å². The van der Waals surface area contributed by atoms with Gasteiger partial charge in [-0.3, -0.25) is 9.59 Å². The Labute approximate surface area is 106 Å². The van der Waals surface area contributed by atoms with Crippen LogP contribution in [0.25, 0.3) is 0 Å². The second-order valence-corrected chi connectivity index (χ2v) is 4.38. The van der Waals surface area contributed by atoms with E-state index in [4.69, 9.17) is 5.11 Å². The molecule has 0 aromatic heterocycles. The van der Waals surface area contributed by atoms with Crippen molar-refractivity contribution < 1.29 is 19.5 Å². The Kier molecular flexibility index (Phi) is 5.41. The van der Waals surface area contributed by atoms with Gasteiger partial charge in [-0.1, -0.05) is 6.92 Å². The molecule has 0 aromatic carbocycles. The lowest BCUT2D eigenvalue weighted by Gasteiger charge is -2.38. The minimum atomic E-state index is -0.848. The van der Waals surface area contributed by atoms with Gasteiger partial charge in [0.05, 0.1) is 13.0 Å². The van der Waals surface area contributed by atoms with Gasteiger partial charge in [-0.05, 0) is 6.42 Å². The predicted octanol–water partition coefficient (Wildman–Crippen LogP) is -0.371. The average Bonchev–Trinajstić information content (AvgIpc) is 2.27. The number of hydrogen-bond donors (Lipinski definition) is 3. The molecular formula is C11H19N3O4. The average molecular weight is 257 g/mol. The summed E-state index contributed by atoms with van der Waals surface area (Å²) in [7, 11) is 0. The number of carboxylic acids is 1. The summed E-state index contributed by atoms with van der Waals surface area (Å²) in [5.41, 5.74) is 0. The van der Waals surface area contributed by atoms with Crippen LogP contribution >= 0.6 is 0 Å². The highest BCUT2D eigenvalue weighted by atomic mass is 16.4. The molecule has 7 heteroatoms. The number of rotatable bonds is 6. The van der Waals surface area contributed by atoms with Gasteiger partial charge < -0.3 is 20.6 Å². The maximum Gasteiger partial charge on any atom is 0.317 e. The van der Waals surface area contributed by atoms with Crippen LogP contribution in [0.1, 0.15) is 19.8 Å². The number of urea groups is 1. The van der Waals surface area contributed by atoms with Crippen molar-refractivity contribution in [3.63, 3.8) is 0 Å². The Balaban J connectivity index is 2.12. The summed E-state index contributed by atoms with van der Waals surface area (Å²) < 4.78 is 0. The molecule has 102 valence electrons.